The molecule has 0 unspecified atom stereocenters. The number of anilines is 1. The van der Waals surface area contributed by atoms with Crippen molar-refractivity contribution in [2.24, 2.45) is 11.8 Å². The normalized spacial score (nSPS) is 17.7. The number of carbonyl (C=O) groups is 3. The predicted octanol–water partition coefficient (Wildman–Crippen LogP) is 3.65. The highest BCUT2D eigenvalue weighted by atomic mass is 16.5. The van der Waals surface area contributed by atoms with Crippen molar-refractivity contribution in [1.82, 2.24) is 14.8 Å². The molecule has 194 valence electrons. The molecule has 1 aromatic carbocycles. The Hall–Kier alpha value is -3.29. The molecule has 8 nitrogen and oxygen atoms in total. The van der Waals surface area contributed by atoms with Gasteiger partial charge in [-0.15, -0.1) is 0 Å². The first-order valence-corrected chi connectivity index (χ1v) is 13.1. The third-order valence-electron chi connectivity index (χ3n) is 7.77. The van der Waals surface area contributed by atoms with Crippen LogP contribution in [0, 0.1) is 25.7 Å². The Kier molecular flexibility index (Phi) is 8.01. The van der Waals surface area contributed by atoms with Crippen LogP contribution < -0.4 is 4.90 Å². The van der Waals surface area contributed by atoms with E-state index in [1.807, 2.05) is 34.9 Å². The fraction of sp³-hybridized carbons (Fsp3) is 0.536. The van der Waals surface area contributed by atoms with Crippen molar-refractivity contribution in [2.75, 3.05) is 50.8 Å². The standard InChI is InChI=1S/C28H38N4O4/c1-5-36-28(35)24-20(3)25(29-21(24)4)27(34)31-13-11-22(12-14-31)19(2)26(33)32-17-15-30(16-18-32)23-9-7-6-8-10-23/h6-10,19,22,29H,5,11-18H2,1-4H3/t19-/m1/s1. The second-order valence-corrected chi connectivity index (χ2v) is 9.91. The van der Waals surface area contributed by atoms with Crippen molar-refractivity contribution < 1.29 is 19.1 Å². The molecule has 2 aromatic rings. The first-order valence-electron chi connectivity index (χ1n) is 13.1. The molecule has 2 fully saturated rings. The average Bonchev–Trinajstić information content (AvgIpc) is 3.21. The average molecular weight is 495 g/mol. The first kappa shape index (κ1) is 25.8. The number of piperidine rings is 1. The molecule has 4 rings (SSSR count). The summed E-state index contributed by atoms with van der Waals surface area (Å²) in [4.78, 5) is 48.1. The number of aryl methyl sites for hydroxylation is 1. The lowest BCUT2D eigenvalue weighted by molar-refractivity contribution is -0.137. The summed E-state index contributed by atoms with van der Waals surface area (Å²) in [7, 11) is 0. The van der Waals surface area contributed by atoms with E-state index < -0.39 is 5.97 Å². The zero-order valence-corrected chi connectivity index (χ0v) is 21.9. The van der Waals surface area contributed by atoms with Crippen LogP contribution >= 0.6 is 0 Å². The van der Waals surface area contributed by atoms with E-state index in [-0.39, 0.29) is 23.7 Å². The highest BCUT2D eigenvalue weighted by Crippen LogP contribution is 2.29. The first-order chi connectivity index (χ1) is 17.3. The van der Waals surface area contributed by atoms with Gasteiger partial charge in [-0.05, 0) is 57.2 Å². The van der Waals surface area contributed by atoms with Crippen molar-refractivity contribution in [2.45, 2.75) is 40.5 Å². The molecule has 0 spiro atoms. The smallest absolute Gasteiger partial charge is 0.340 e. The van der Waals surface area contributed by atoms with Gasteiger partial charge in [0, 0.05) is 56.6 Å². The predicted molar refractivity (Wildman–Crippen MR) is 139 cm³/mol. The summed E-state index contributed by atoms with van der Waals surface area (Å²) in [6.07, 6.45) is 1.60. The van der Waals surface area contributed by atoms with Crippen LogP contribution in [0.15, 0.2) is 30.3 Å². The van der Waals surface area contributed by atoms with Gasteiger partial charge in [0.25, 0.3) is 5.91 Å². The van der Waals surface area contributed by atoms with Crippen LogP contribution in [0.2, 0.25) is 0 Å². The molecule has 2 amide bonds. The maximum absolute atomic E-state index is 13.3. The van der Waals surface area contributed by atoms with Crippen molar-refractivity contribution in [3.8, 4) is 0 Å². The van der Waals surface area contributed by atoms with Gasteiger partial charge in [0.05, 0.1) is 12.2 Å². The Labute approximate surface area is 213 Å². The van der Waals surface area contributed by atoms with E-state index in [1.54, 1.807) is 20.8 Å². The molecular formula is C28H38N4O4. The van der Waals surface area contributed by atoms with E-state index in [0.717, 1.165) is 39.0 Å². The van der Waals surface area contributed by atoms with Gasteiger partial charge in [-0.1, -0.05) is 25.1 Å². The Bertz CT molecular complexity index is 1080. The van der Waals surface area contributed by atoms with E-state index in [4.69, 9.17) is 4.74 Å². The minimum Gasteiger partial charge on any atom is -0.462 e. The number of carbonyl (C=O) groups excluding carboxylic acids is 3. The summed E-state index contributed by atoms with van der Waals surface area (Å²) in [5.74, 6) is -0.0767. The Morgan fingerprint density at radius 1 is 0.972 bits per heavy atom. The maximum atomic E-state index is 13.3. The monoisotopic (exact) mass is 494 g/mol. The lowest BCUT2D eigenvalue weighted by Gasteiger charge is -2.40. The molecule has 0 aliphatic carbocycles. The van der Waals surface area contributed by atoms with E-state index >= 15 is 0 Å². The number of benzene rings is 1. The molecule has 1 aromatic heterocycles. The van der Waals surface area contributed by atoms with Gasteiger partial charge in [-0.2, -0.15) is 0 Å². The SMILES string of the molecule is CCOC(=O)c1c(C)[nH]c(C(=O)N2CCC([C@@H](C)C(=O)N3CCN(c4ccccc4)CC3)CC2)c1C. The van der Waals surface area contributed by atoms with Crippen LogP contribution in [-0.2, 0) is 9.53 Å². The second kappa shape index (κ2) is 11.2. The lowest BCUT2D eigenvalue weighted by atomic mass is 9.84. The number of rotatable bonds is 6. The summed E-state index contributed by atoms with van der Waals surface area (Å²) in [5, 5.41) is 0. The molecule has 2 aliphatic heterocycles. The van der Waals surface area contributed by atoms with E-state index in [9.17, 15) is 14.4 Å². The molecule has 0 radical (unpaired) electrons. The van der Waals surface area contributed by atoms with Gasteiger partial charge in [0.1, 0.15) is 5.69 Å². The number of nitrogens with one attached hydrogen (secondary N) is 1. The Morgan fingerprint density at radius 3 is 2.22 bits per heavy atom. The van der Waals surface area contributed by atoms with Crippen LogP contribution in [0.5, 0.6) is 0 Å². The van der Waals surface area contributed by atoms with Gasteiger partial charge < -0.3 is 24.4 Å². The number of esters is 1. The number of hydrogen-bond acceptors (Lipinski definition) is 5. The summed E-state index contributed by atoms with van der Waals surface area (Å²) in [6.45, 7) is 12.1. The van der Waals surface area contributed by atoms with Gasteiger partial charge in [0.2, 0.25) is 5.91 Å². The van der Waals surface area contributed by atoms with Crippen molar-refractivity contribution in [1.29, 1.82) is 0 Å². The third kappa shape index (κ3) is 5.27. The van der Waals surface area contributed by atoms with Gasteiger partial charge in [-0.3, -0.25) is 9.59 Å². The molecule has 0 saturated carbocycles. The Balaban J connectivity index is 1.30. The molecular weight excluding hydrogens is 456 g/mol. The van der Waals surface area contributed by atoms with Crippen LogP contribution in [0.1, 0.15) is 58.8 Å². The number of amides is 2. The number of nitrogens with zero attached hydrogens (tertiary/aromatic N) is 3. The zero-order chi connectivity index (χ0) is 25.8. The molecule has 2 saturated heterocycles. The number of ether oxygens (including phenoxy) is 1. The summed E-state index contributed by atoms with van der Waals surface area (Å²) < 4.78 is 5.15. The van der Waals surface area contributed by atoms with E-state index in [0.29, 0.717) is 42.2 Å². The third-order valence-corrected chi connectivity index (χ3v) is 7.77. The number of piperazine rings is 1. The van der Waals surface area contributed by atoms with Crippen molar-refractivity contribution in [3.63, 3.8) is 0 Å². The van der Waals surface area contributed by atoms with E-state index in [1.165, 1.54) is 5.69 Å². The number of likely N-dealkylation sites (tertiary alicyclic amines) is 1. The van der Waals surface area contributed by atoms with Crippen molar-refractivity contribution in [3.05, 3.63) is 52.8 Å². The molecule has 36 heavy (non-hydrogen) atoms. The Morgan fingerprint density at radius 2 is 1.61 bits per heavy atom. The fourth-order valence-corrected chi connectivity index (χ4v) is 5.55. The molecule has 0 bridgehead atoms. The fourth-order valence-electron chi connectivity index (χ4n) is 5.55. The van der Waals surface area contributed by atoms with Crippen molar-refractivity contribution >= 4 is 23.5 Å². The van der Waals surface area contributed by atoms with E-state index in [2.05, 4.69) is 22.0 Å². The largest absolute Gasteiger partial charge is 0.462 e. The zero-order valence-electron chi connectivity index (χ0n) is 21.9. The number of para-hydroxylation sites is 1. The number of hydrogen-bond donors (Lipinski definition) is 1. The number of aromatic amines is 1. The van der Waals surface area contributed by atoms with Crippen LogP contribution in [0.25, 0.3) is 0 Å². The molecule has 1 N–H and O–H groups in total. The highest BCUT2D eigenvalue weighted by molar-refractivity contribution is 6.00. The number of aromatic nitrogens is 1. The van der Waals surface area contributed by atoms with Crippen LogP contribution in [0.3, 0.4) is 0 Å². The maximum Gasteiger partial charge on any atom is 0.340 e. The van der Waals surface area contributed by atoms with Crippen LogP contribution in [-0.4, -0.2) is 78.4 Å². The minimum atomic E-state index is -0.404. The topological polar surface area (TPSA) is 85.9 Å². The molecule has 1 atom stereocenters. The molecule has 8 heteroatoms. The minimum absolute atomic E-state index is 0.0598. The van der Waals surface area contributed by atoms with Gasteiger partial charge in [-0.25, -0.2) is 4.79 Å². The lowest BCUT2D eigenvalue weighted by Crippen LogP contribution is -2.51. The molecule has 3 heterocycles. The van der Waals surface area contributed by atoms with Crippen LogP contribution in [0.4, 0.5) is 5.69 Å². The summed E-state index contributed by atoms with van der Waals surface area (Å²) >= 11 is 0. The molecule has 2 aliphatic rings. The van der Waals surface area contributed by atoms with Gasteiger partial charge in [0.15, 0.2) is 0 Å². The highest BCUT2D eigenvalue weighted by Gasteiger charge is 2.34. The summed E-state index contributed by atoms with van der Waals surface area (Å²) in [6, 6.07) is 10.3. The summed E-state index contributed by atoms with van der Waals surface area (Å²) in [5.41, 5.74) is 3.39. The second-order valence-electron chi connectivity index (χ2n) is 9.91. The van der Waals surface area contributed by atoms with Gasteiger partial charge >= 0.3 is 5.97 Å². The number of H-pyrrole nitrogens is 1. The quantitative estimate of drug-likeness (QED) is 0.620.